The SMILES string of the molecule is COC(=O)C1[C@@H](c2ccc(I)cc2)C[C@@H]2CC[C@H]1N2CCCF. The minimum absolute atomic E-state index is 0.121. The molecule has 0 N–H and O–H groups in total. The minimum Gasteiger partial charge on any atom is -0.469 e. The molecule has 2 fully saturated rings. The number of piperidine rings is 1. The van der Waals surface area contributed by atoms with Crippen molar-refractivity contribution in [2.75, 3.05) is 20.3 Å². The van der Waals surface area contributed by atoms with E-state index in [4.69, 9.17) is 4.74 Å². The molecule has 3 nitrogen and oxygen atoms in total. The van der Waals surface area contributed by atoms with Crippen molar-refractivity contribution in [2.45, 2.75) is 43.7 Å². The van der Waals surface area contributed by atoms with Crippen molar-refractivity contribution in [1.82, 2.24) is 4.90 Å². The molecule has 2 aliphatic rings. The summed E-state index contributed by atoms with van der Waals surface area (Å²) in [6.07, 6.45) is 3.63. The molecule has 2 heterocycles. The molecule has 4 atom stereocenters. The smallest absolute Gasteiger partial charge is 0.310 e. The summed E-state index contributed by atoms with van der Waals surface area (Å²) in [4.78, 5) is 14.9. The molecule has 126 valence electrons. The molecule has 2 saturated heterocycles. The van der Waals surface area contributed by atoms with E-state index >= 15 is 0 Å². The Kier molecular flexibility index (Phi) is 5.57. The molecule has 0 radical (unpaired) electrons. The van der Waals surface area contributed by atoms with Gasteiger partial charge in [-0.1, -0.05) is 12.1 Å². The van der Waals surface area contributed by atoms with Gasteiger partial charge in [0.2, 0.25) is 0 Å². The summed E-state index contributed by atoms with van der Waals surface area (Å²) in [5, 5.41) is 0. The molecular weight excluding hydrogens is 408 g/mol. The summed E-state index contributed by atoms with van der Waals surface area (Å²) in [5.41, 5.74) is 1.22. The number of rotatable bonds is 5. The minimum atomic E-state index is -0.292. The Labute approximate surface area is 150 Å². The fraction of sp³-hybridized carbons (Fsp3) is 0.611. The van der Waals surface area contributed by atoms with Crippen LogP contribution in [-0.4, -0.2) is 43.3 Å². The molecule has 1 aromatic carbocycles. The van der Waals surface area contributed by atoms with Gasteiger partial charge in [-0.3, -0.25) is 14.1 Å². The van der Waals surface area contributed by atoms with Gasteiger partial charge in [0.1, 0.15) is 0 Å². The second kappa shape index (κ2) is 7.47. The second-order valence-corrected chi connectivity index (χ2v) is 7.77. The zero-order valence-electron chi connectivity index (χ0n) is 13.4. The average molecular weight is 431 g/mol. The average Bonchev–Trinajstić information content (AvgIpc) is 2.84. The number of halogens is 2. The lowest BCUT2D eigenvalue weighted by atomic mass is 9.76. The lowest BCUT2D eigenvalue weighted by Crippen LogP contribution is -2.51. The van der Waals surface area contributed by atoms with Gasteiger partial charge in [0.05, 0.1) is 19.7 Å². The van der Waals surface area contributed by atoms with E-state index in [0.717, 1.165) is 25.8 Å². The number of carbonyl (C=O) groups is 1. The van der Waals surface area contributed by atoms with Crippen molar-refractivity contribution >= 4 is 28.6 Å². The van der Waals surface area contributed by atoms with Crippen LogP contribution in [0.2, 0.25) is 0 Å². The highest BCUT2D eigenvalue weighted by atomic mass is 127. The fourth-order valence-electron chi connectivity index (χ4n) is 4.41. The summed E-state index contributed by atoms with van der Waals surface area (Å²) >= 11 is 2.30. The van der Waals surface area contributed by atoms with E-state index in [9.17, 15) is 9.18 Å². The number of fused-ring (bicyclic) bond motifs is 2. The Morgan fingerprint density at radius 3 is 2.74 bits per heavy atom. The van der Waals surface area contributed by atoms with Gasteiger partial charge >= 0.3 is 5.97 Å². The Balaban J connectivity index is 1.88. The first-order chi connectivity index (χ1) is 11.2. The number of esters is 1. The van der Waals surface area contributed by atoms with E-state index in [0.29, 0.717) is 12.5 Å². The Morgan fingerprint density at radius 1 is 1.35 bits per heavy atom. The van der Waals surface area contributed by atoms with Crippen molar-refractivity contribution in [1.29, 1.82) is 0 Å². The number of carbonyl (C=O) groups excluding carboxylic acids is 1. The van der Waals surface area contributed by atoms with E-state index in [-0.39, 0.29) is 30.5 Å². The van der Waals surface area contributed by atoms with Crippen LogP contribution in [-0.2, 0) is 9.53 Å². The molecule has 2 aliphatic heterocycles. The van der Waals surface area contributed by atoms with Gasteiger partial charge in [0.25, 0.3) is 0 Å². The molecule has 0 aliphatic carbocycles. The van der Waals surface area contributed by atoms with E-state index in [2.05, 4.69) is 51.8 Å². The summed E-state index contributed by atoms with van der Waals surface area (Å²) in [6, 6.07) is 9.13. The molecule has 0 aromatic heterocycles. The Bertz CT molecular complexity index is 550. The molecule has 1 unspecified atom stereocenters. The molecule has 5 heteroatoms. The number of ether oxygens (including phenoxy) is 1. The number of methoxy groups -OCH3 is 1. The van der Waals surface area contributed by atoms with Crippen LogP contribution in [0, 0.1) is 9.49 Å². The number of hydrogen-bond acceptors (Lipinski definition) is 3. The van der Waals surface area contributed by atoms with Crippen LogP contribution in [0.5, 0.6) is 0 Å². The zero-order chi connectivity index (χ0) is 16.4. The summed E-state index contributed by atoms with van der Waals surface area (Å²) in [6.45, 7) is 0.456. The first kappa shape index (κ1) is 17.1. The molecule has 23 heavy (non-hydrogen) atoms. The lowest BCUT2D eigenvalue weighted by molar-refractivity contribution is -0.150. The van der Waals surface area contributed by atoms with Crippen molar-refractivity contribution in [2.24, 2.45) is 5.92 Å². The topological polar surface area (TPSA) is 29.5 Å². The molecule has 0 amide bonds. The van der Waals surface area contributed by atoms with Crippen molar-refractivity contribution < 1.29 is 13.9 Å². The van der Waals surface area contributed by atoms with Crippen LogP contribution >= 0.6 is 22.6 Å². The molecule has 0 spiro atoms. The first-order valence-electron chi connectivity index (χ1n) is 8.30. The third-order valence-electron chi connectivity index (χ3n) is 5.39. The van der Waals surface area contributed by atoms with Crippen molar-refractivity contribution in [3.63, 3.8) is 0 Å². The fourth-order valence-corrected chi connectivity index (χ4v) is 4.77. The van der Waals surface area contributed by atoms with Crippen LogP contribution in [0.3, 0.4) is 0 Å². The largest absolute Gasteiger partial charge is 0.469 e. The van der Waals surface area contributed by atoms with Crippen LogP contribution in [0.1, 0.15) is 37.2 Å². The zero-order valence-corrected chi connectivity index (χ0v) is 15.5. The molecular formula is C18H23FINO2. The highest BCUT2D eigenvalue weighted by molar-refractivity contribution is 14.1. The van der Waals surface area contributed by atoms with Gasteiger partial charge in [-0.15, -0.1) is 0 Å². The van der Waals surface area contributed by atoms with Gasteiger partial charge in [-0.05, 0) is 66.0 Å². The molecule has 1 aromatic rings. The number of hydrogen-bond donors (Lipinski definition) is 0. The Hall–Kier alpha value is -0.690. The third-order valence-corrected chi connectivity index (χ3v) is 6.11. The third kappa shape index (κ3) is 3.40. The van der Waals surface area contributed by atoms with Gasteiger partial charge in [-0.2, -0.15) is 0 Å². The van der Waals surface area contributed by atoms with Gasteiger partial charge in [0, 0.05) is 28.1 Å². The van der Waals surface area contributed by atoms with Crippen LogP contribution in [0.25, 0.3) is 0 Å². The highest BCUT2D eigenvalue weighted by Gasteiger charge is 2.50. The number of nitrogens with zero attached hydrogens (tertiary/aromatic N) is 1. The van der Waals surface area contributed by atoms with Gasteiger partial charge in [-0.25, -0.2) is 0 Å². The first-order valence-corrected chi connectivity index (χ1v) is 9.38. The second-order valence-electron chi connectivity index (χ2n) is 6.52. The van der Waals surface area contributed by atoms with E-state index in [1.807, 2.05) is 0 Å². The maximum atomic E-state index is 12.6. The molecule has 2 bridgehead atoms. The van der Waals surface area contributed by atoms with E-state index < -0.39 is 0 Å². The monoisotopic (exact) mass is 431 g/mol. The van der Waals surface area contributed by atoms with Crippen LogP contribution < -0.4 is 0 Å². The Morgan fingerprint density at radius 2 is 2.09 bits per heavy atom. The van der Waals surface area contributed by atoms with Crippen molar-refractivity contribution in [3.8, 4) is 0 Å². The van der Waals surface area contributed by atoms with Crippen LogP contribution in [0.4, 0.5) is 4.39 Å². The van der Waals surface area contributed by atoms with Crippen molar-refractivity contribution in [3.05, 3.63) is 33.4 Å². The normalized spacial score (nSPS) is 30.4. The van der Waals surface area contributed by atoms with Gasteiger partial charge in [0.15, 0.2) is 0 Å². The van der Waals surface area contributed by atoms with Crippen LogP contribution in [0.15, 0.2) is 24.3 Å². The molecule has 3 rings (SSSR count). The molecule has 0 saturated carbocycles. The summed E-state index contributed by atoms with van der Waals surface area (Å²) < 4.78 is 18.9. The standard InChI is InChI=1S/C18H23FINO2/c1-23-18(22)17-15(12-3-5-13(20)6-4-12)11-14-7-8-16(17)21(14)10-2-9-19/h3-6,14-17H,2,7-11H2,1H3/t14-,15+,16+,17?/m0/s1. The maximum Gasteiger partial charge on any atom is 0.310 e. The summed E-state index contributed by atoms with van der Waals surface area (Å²) in [7, 11) is 1.47. The van der Waals surface area contributed by atoms with E-state index in [1.165, 1.54) is 16.2 Å². The summed E-state index contributed by atoms with van der Waals surface area (Å²) in [5.74, 6) is -0.0545. The lowest BCUT2D eigenvalue weighted by Gasteiger charge is -2.43. The van der Waals surface area contributed by atoms with Gasteiger partial charge < -0.3 is 4.74 Å². The predicted octanol–water partition coefficient (Wildman–Crippen LogP) is 3.76. The quantitative estimate of drug-likeness (QED) is 0.526. The highest BCUT2D eigenvalue weighted by Crippen LogP contribution is 2.47. The number of alkyl halides is 1. The van der Waals surface area contributed by atoms with E-state index in [1.54, 1.807) is 0 Å². The predicted molar refractivity (Wildman–Crippen MR) is 96.1 cm³/mol. The number of benzene rings is 1. The maximum absolute atomic E-state index is 12.6.